The number of allylic oxidation sites excluding steroid dienone is 1. The molecule has 2 aromatic rings. The van der Waals surface area contributed by atoms with E-state index >= 15 is 0 Å². The summed E-state index contributed by atoms with van der Waals surface area (Å²) in [7, 11) is 1.10. The molecule has 1 heterocycles. The van der Waals surface area contributed by atoms with Crippen molar-refractivity contribution >= 4 is 58.4 Å². The zero-order valence-electron chi connectivity index (χ0n) is 20.3. The standard InChI is InChI=1S/C25H20Cl2F3N3O5S/c1-3-38-18-7-4-12(8-16(18)27)20-14(10-31)23(33-22(35)21(20)24(36)37-2)39-11-19(34)32-17-9-13(25(28,29)30)5-6-15(17)26/h4-9,20-21H,3,11H2,1-2H3,(H,32,34)(H,33,35)/t20-,21+/m0/s1. The van der Waals surface area contributed by atoms with E-state index in [1.165, 1.54) is 12.1 Å². The Balaban J connectivity index is 1.92. The summed E-state index contributed by atoms with van der Waals surface area (Å²) < 4.78 is 49.3. The van der Waals surface area contributed by atoms with E-state index in [1.807, 2.05) is 6.07 Å². The summed E-state index contributed by atoms with van der Waals surface area (Å²) in [5.74, 6) is -5.01. The van der Waals surface area contributed by atoms with Crippen LogP contribution in [0.2, 0.25) is 10.0 Å². The first-order valence-electron chi connectivity index (χ1n) is 11.2. The Bertz CT molecular complexity index is 1380. The van der Waals surface area contributed by atoms with Crippen molar-refractivity contribution in [2.45, 2.75) is 19.0 Å². The highest BCUT2D eigenvalue weighted by atomic mass is 35.5. The maximum absolute atomic E-state index is 13.0. The summed E-state index contributed by atoms with van der Waals surface area (Å²) >= 11 is 13.0. The van der Waals surface area contributed by atoms with Crippen LogP contribution in [0.4, 0.5) is 18.9 Å². The number of alkyl halides is 3. The van der Waals surface area contributed by atoms with Gasteiger partial charge in [-0.25, -0.2) is 0 Å². The lowest BCUT2D eigenvalue weighted by Gasteiger charge is -2.31. The van der Waals surface area contributed by atoms with Crippen molar-refractivity contribution in [2.24, 2.45) is 5.92 Å². The fraction of sp³-hybridized carbons (Fsp3) is 0.280. The molecule has 0 saturated carbocycles. The minimum absolute atomic E-state index is 0.0112. The zero-order valence-corrected chi connectivity index (χ0v) is 22.6. The van der Waals surface area contributed by atoms with Gasteiger partial charge in [-0.05, 0) is 42.8 Å². The van der Waals surface area contributed by atoms with Crippen LogP contribution in [0.1, 0.15) is 24.0 Å². The molecule has 0 spiro atoms. The normalized spacial score (nSPS) is 17.2. The first-order chi connectivity index (χ1) is 18.4. The molecule has 0 aromatic heterocycles. The summed E-state index contributed by atoms with van der Waals surface area (Å²) in [6, 6.07) is 9.02. The van der Waals surface area contributed by atoms with E-state index in [2.05, 4.69) is 10.6 Å². The van der Waals surface area contributed by atoms with Gasteiger partial charge in [-0.15, -0.1) is 0 Å². The second kappa shape index (κ2) is 12.6. The average Bonchev–Trinajstić information content (AvgIpc) is 2.88. The number of halogens is 5. The number of amides is 2. The van der Waals surface area contributed by atoms with Crippen LogP contribution in [0.3, 0.4) is 0 Å². The molecule has 8 nitrogen and oxygen atoms in total. The Hall–Kier alpha value is -3.40. The summed E-state index contributed by atoms with van der Waals surface area (Å²) in [4.78, 5) is 38.1. The van der Waals surface area contributed by atoms with Crippen LogP contribution in [0.5, 0.6) is 5.75 Å². The number of methoxy groups -OCH3 is 1. The number of carbonyl (C=O) groups excluding carboxylic acids is 3. The first-order valence-corrected chi connectivity index (χ1v) is 12.9. The quantitative estimate of drug-likeness (QED) is 0.302. The highest BCUT2D eigenvalue weighted by Gasteiger charge is 2.44. The molecule has 0 radical (unpaired) electrons. The SMILES string of the molecule is CCOc1ccc([C@H]2C(C#N)=C(SCC(=O)Nc3cc(C(F)(F)F)ccc3Cl)NC(=O)[C@@H]2C(=O)OC)cc1Cl. The maximum atomic E-state index is 13.0. The van der Waals surface area contributed by atoms with Gasteiger partial charge in [-0.2, -0.15) is 18.4 Å². The molecule has 1 aliphatic rings. The molecular formula is C25H20Cl2F3N3O5S. The van der Waals surface area contributed by atoms with Gasteiger partial charge in [0.15, 0.2) is 0 Å². The third kappa shape index (κ3) is 6.98. The molecular weight excluding hydrogens is 582 g/mol. The Morgan fingerprint density at radius 2 is 1.90 bits per heavy atom. The number of ether oxygens (including phenoxy) is 2. The number of nitriles is 1. The van der Waals surface area contributed by atoms with Crippen molar-refractivity contribution in [3.05, 3.63) is 68.2 Å². The fourth-order valence-corrected chi connectivity index (χ4v) is 5.04. The van der Waals surface area contributed by atoms with E-state index in [1.54, 1.807) is 13.0 Å². The Morgan fingerprint density at radius 1 is 1.18 bits per heavy atom. The predicted molar refractivity (Wildman–Crippen MR) is 139 cm³/mol. The Kier molecular flexibility index (Phi) is 9.77. The van der Waals surface area contributed by atoms with Gasteiger partial charge in [0, 0.05) is 5.92 Å². The second-order valence-electron chi connectivity index (χ2n) is 7.97. The van der Waals surface area contributed by atoms with E-state index in [0.29, 0.717) is 24.0 Å². The highest BCUT2D eigenvalue weighted by Crippen LogP contribution is 2.42. The molecule has 14 heteroatoms. The minimum atomic E-state index is -4.65. The number of thioether (sulfide) groups is 1. The average molecular weight is 602 g/mol. The summed E-state index contributed by atoms with van der Waals surface area (Å²) in [5.41, 5.74) is -0.954. The number of hydrogen-bond donors (Lipinski definition) is 2. The van der Waals surface area contributed by atoms with Crippen molar-refractivity contribution in [1.29, 1.82) is 5.26 Å². The van der Waals surface area contributed by atoms with Crippen molar-refractivity contribution < 1.29 is 37.0 Å². The minimum Gasteiger partial charge on any atom is -0.492 e. The number of nitrogens with zero attached hydrogens (tertiary/aromatic N) is 1. The molecule has 2 amide bonds. The molecule has 0 aliphatic carbocycles. The van der Waals surface area contributed by atoms with Gasteiger partial charge in [0.1, 0.15) is 11.7 Å². The van der Waals surface area contributed by atoms with Crippen LogP contribution < -0.4 is 15.4 Å². The number of esters is 1. The number of hydrogen-bond acceptors (Lipinski definition) is 7. The van der Waals surface area contributed by atoms with Crippen molar-refractivity contribution in [1.82, 2.24) is 5.32 Å². The third-order valence-corrected chi connectivity index (χ3v) is 7.16. The molecule has 0 fully saturated rings. The number of anilines is 1. The molecule has 206 valence electrons. The van der Waals surface area contributed by atoms with Crippen LogP contribution in [0, 0.1) is 17.2 Å². The lowest BCUT2D eigenvalue weighted by molar-refractivity contribution is -0.150. The molecule has 39 heavy (non-hydrogen) atoms. The lowest BCUT2D eigenvalue weighted by Crippen LogP contribution is -2.44. The molecule has 3 rings (SSSR count). The van der Waals surface area contributed by atoms with Gasteiger partial charge in [-0.1, -0.05) is 41.0 Å². The smallest absolute Gasteiger partial charge is 0.416 e. The number of carbonyl (C=O) groups is 3. The topological polar surface area (TPSA) is 118 Å². The van der Waals surface area contributed by atoms with Crippen molar-refractivity contribution in [3.63, 3.8) is 0 Å². The zero-order chi connectivity index (χ0) is 28.9. The summed E-state index contributed by atoms with van der Waals surface area (Å²) in [5, 5.41) is 14.8. The van der Waals surface area contributed by atoms with Crippen molar-refractivity contribution in [2.75, 3.05) is 24.8 Å². The first kappa shape index (κ1) is 30.1. The second-order valence-corrected chi connectivity index (χ2v) is 9.77. The molecule has 2 atom stereocenters. The van der Waals surface area contributed by atoms with Gasteiger partial charge < -0.3 is 20.1 Å². The highest BCUT2D eigenvalue weighted by molar-refractivity contribution is 8.03. The van der Waals surface area contributed by atoms with E-state index in [9.17, 15) is 32.8 Å². The van der Waals surface area contributed by atoms with Gasteiger partial charge >= 0.3 is 12.1 Å². The van der Waals surface area contributed by atoms with Crippen LogP contribution in [0.15, 0.2) is 47.0 Å². The number of rotatable bonds is 8. The van der Waals surface area contributed by atoms with E-state index < -0.39 is 47.1 Å². The Morgan fingerprint density at radius 3 is 2.49 bits per heavy atom. The van der Waals surface area contributed by atoms with Crippen molar-refractivity contribution in [3.8, 4) is 11.8 Å². The number of benzene rings is 2. The molecule has 0 unspecified atom stereocenters. The fourth-order valence-electron chi connectivity index (χ4n) is 3.78. The molecule has 1 aliphatic heterocycles. The van der Waals surface area contributed by atoms with E-state index in [0.717, 1.165) is 31.0 Å². The molecule has 2 aromatic carbocycles. The van der Waals surface area contributed by atoms with Gasteiger partial charge in [0.2, 0.25) is 11.8 Å². The summed E-state index contributed by atoms with van der Waals surface area (Å²) in [6.45, 7) is 2.10. The summed E-state index contributed by atoms with van der Waals surface area (Å²) in [6.07, 6.45) is -4.65. The molecule has 0 saturated heterocycles. The van der Waals surface area contributed by atoms with Gasteiger partial charge in [0.25, 0.3) is 0 Å². The maximum Gasteiger partial charge on any atom is 0.416 e. The number of nitrogens with one attached hydrogen (secondary N) is 2. The Labute approximate surface area is 235 Å². The molecule has 2 N–H and O–H groups in total. The monoisotopic (exact) mass is 601 g/mol. The predicted octanol–water partition coefficient (Wildman–Crippen LogP) is 5.52. The van der Waals surface area contributed by atoms with Gasteiger partial charge in [0.05, 0.1) is 57.4 Å². The van der Waals surface area contributed by atoms with Crippen LogP contribution in [-0.2, 0) is 25.3 Å². The van der Waals surface area contributed by atoms with Crippen LogP contribution in [-0.4, -0.2) is 37.3 Å². The van der Waals surface area contributed by atoms with Crippen LogP contribution in [0.25, 0.3) is 0 Å². The van der Waals surface area contributed by atoms with E-state index in [-0.39, 0.29) is 26.3 Å². The molecule has 0 bridgehead atoms. The third-order valence-electron chi connectivity index (χ3n) is 5.51. The van der Waals surface area contributed by atoms with Gasteiger partial charge in [-0.3, -0.25) is 14.4 Å². The van der Waals surface area contributed by atoms with Crippen LogP contribution >= 0.6 is 35.0 Å². The lowest BCUT2D eigenvalue weighted by atomic mass is 9.78. The van der Waals surface area contributed by atoms with E-state index in [4.69, 9.17) is 32.7 Å². The largest absolute Gasteiger partial charge is 0.492 e.